The second-order valence-electron chi connectivity index (χ2n) is 4.46. The minimum absolute atomic E-state index is 0.107. The molecule has 1 aliphatic heterocycles. The molecular weight excluding hydrogens is 204 g/mol. The van der Waals surface area contributed by atoms with Gasteiger partial charge in [-0.3, -0.25) is 4.79 Å². The Kier molecular flexibility index (Phi) is 3.13. The molecule has 2 aliphatic rings. The summed E-state index contributed by atoms with van der Waals surface area (Å²) in [5.41, 5.74) is -0.436. The van der Waals surface area contributed by atoms with Crippen LogP contribution in [-0.4, -0.2) is 23.8 Å². The van der Waals surface area contributed by atoms with Crippen molar-refractivity contribution < 1.29 is 14.3 Å². The molecule has 1 fully saturated rings. The van der Waals surface area contributed by atoms with E-state index in [1.165, 1.54) is 0 Å². The van der Waals surface area contributed by atoms with Crippen molar-refractivity contribution in [3.8, 4) is 12.3 Å². The molecule has 0 bridgehead atoms. The summed E-state index contributed by atoms with van der Waals surface area (Å²) in [5.74, 6) is 2.70. The summed E-state index contributed by atoms with van der Waals surface area (Å²) in [4.78, 5) is 11.3. The van der Waals surface area contributed by atoms with E-state index in [0.29, 0.717) is 6.42 Å². The highest BCUT2D eigenvalue weighted by molar-refractivity contribution is 5.91. The van der Waals surface area contributed by atoms with Gasteiger partial charge in [0.05, 0.1) is 0 Å². The van der Waals surface area contributed by atoms with E-state index in [1.807, 2.05) is 13.0 Å². The smallest absolute Gasteiger partial charge is 0.159 e. The van der Waals surface area contributed by atoms with Gasteiger partial charge in [-0.1, -0.05) is 0 Å². The average Bonchev–Trinajstić information content (AvgIpc) is 2.55. The van der Waals surface area contributed by atoms with Gasteiger partial charge in [0.2, 0.25) is 0 Å². The fraction of sp³-hybridized carbons (Fsp3) is 0.615. The molecule has 1 heterocycles. The fourth-order valence-electron chi connectivity index (χ4n) is 2.11. The van der Waals surface area contributed by atoms with Crippen LogP contribution in [0.5, 0.6) is 0 Å². The molecule has 0 aromatic heterocycles. The molecule has 0 radical (unpaired) electrons. The largest absolute Gasteiger partial charge is 0.346 e. The third-order valence-electron chi connectivity index (χ3n) is 3.09. The molecule has 0 aromatic carbocycles. The molecule has 3 heteroatoms. The van der Waals surface area contributed by atoms with Gasteiger partial charge < -0.3 is 9.47 Å². The lowest BCUT2D eigenvalue weighted by atomic mass is 9.89. The van der Waals surface area contributed by atoms with Gasteiger partial charge >= 0.3 is 0 Å². The van der Waals surface area contributed by atoms with Gasteiger partial charge in [0.1, 0.15) is 11.7 Å². The van der Waals surface area contributed by atoms with Crippen molar-refractivity contribution in [3.05, 3.63) is 12.2 Å². The number of ketones is 1. The number of allylic oxidation sites excluding steroid dienone is 1. The Labute approximate surface area is 95.8 Å². The molecule has 0 saturated carbocycles. The van der Waals surface area contributed by atoms with E-state index < -0.39 is 5.60 Å². The Balaban J connectivity index is 1.94. The number of hydrogen-bond donors (Lipinski definition) is 0. The first-order valence-electron chi connectivity index (χ1n) is 5.63. The number of unbranched alkanes of at least 4 members (excludes halogenated alkanes) is 1. The fourth-order valence-corrected chi connectivity index (χ4v) is 2.11. The molecule has 0 unspecified atom stereocenters. The van der Waals surface area contributed by atoms with Crippen molar-refractivity contribution in [1.82, 2.24) is 0 Å². The minimum atomic E-state index is -0.436. The molecule has 16 heavy (non-hydrogen) atoms. The quantitative estimate of drug-likeness (QED) is 0.537. The van der Waals surface area contributed by atoms with E-state index in [2.05, 4.69) is 5.92 Å². The summed E-state index contributed by atoms with van der Waals surface area (Å²) in [6, 6.07) is 0. The van der Waals surface area contributed by atoms with Crippen molar-refractivity contribution in [2.75, 3.05) is 0 Å². The number of carbonyl (C=O) groups excluding carboxylic acids is 1. The number of fused-ring (bicyclic) bond motifs is 1. The van der Waals surface area contributed by atoms with Crippen LogP contribution in [0.1, 0.15) is 32.6 Å². The van der Waals surface area contributed by atoms with E-state index in [9.17, 15) is 4.79 Å². The first-order valence-corrected chi connectivity index (χ1v) is 5.63. The topological polar surface area (TPSA) is 35.5 Å². The van der Waals surface area contributed by atoms with Crippen LogP contribution < -0.4 is 0 Å². The molecule has 0 amide bonds. The summed E-state index contributed by atoms with van der Waals surface area (Å²) in [7, 11) is 0. The van der Waals surface area contributed by atoms with Gasteiger partial charge in [0.25, 0.3) is 0 Å². The molecule has 1 aliphatic carbocycles. The van der Waals surface area contributed by atoms with E-state index in [-0.39, 0.29) is 18.2 Å². The summed E-state index contributed by atoms with van der Waals surface area (Å²) in [5, 5.41) is 0. The van der Waals surface area contributed by atoms with Crippen LogP contribution in [0.3, 0.4) is 0 Å². The van der Waals surface area contributed by atoms with E-state index in [0.717, 1.165) is 19.3 Å². The molecule has 0 spiro atoms. The molecular formula is C13H16O3. The number of carbonyl (C=O) groups is 1. The average molecular weight is 220 g/mol. The van der Waals surface area contributed by atoms with Crippen molar-refractivity contribution in [2.45, 2.75) is 50.6 Å². The van der Waals surface area contributed by atoms with Crippen molar-refractivity contribution >= 4 is 5.78 Å². The zero-order valence-corrected chi connectivity index (χ0v) is 9.44. The Bertz CT molecular complexity index is 353. The first kappa shape index (κ1) is 11.4. The maximum atomic E-state index is 11.3. The summed E-state index contributed by atoms with van der Waals surface area (Å²) >= 11 is 0. The molecule has 3 nitrogen and oxygen atoms in total. The van der Waals surface area contributed by atoms with Gasteiger partial charge in [0, 0.05) is 12.8 Å². The summed E-state index contributed by atoms with van der Waals surface area (Å²) in [6.45, 7) is 1.96. The minimum Gasteiger partial charge on any atom is -0.346 e. The van der Waals surface area contributed by atoms with Crippen LogP contribution in [0, 0.1) is 12.3 Å². The van der Waals surface area contributed by atoms with Crippen LogP contribution in [0.15, 0.2) is 12.2 Å². The molecule has 3 atom stereocenters. The maximum absolute atomic E-state index is 11.3. The highest BCUT2D eigenvalue weighted by atomic mass is 16.7. The zero-order valence-electron chi connectivity index (χ0n) is 9.44. The predicted molar refractivity (Wildman–Crippen MR) is 59.6 cm³/mol. The van der Waals surface area contributed by atoms with Crippen LogP contribution >= 0.6 is 0 Å². The lowest BCUT2D eigenvalue weighted by Crippen LogP contribution is -2.38. The first-order chi connectivity index (χ1) is 7.64. The Morgan fingerprint density at radius 2 is 2.50 bits per heavy atom. The second kappa shape index (κ2) is 4.40. The van der Waals surface area contributed by atoms with Crippen molar-refractivity contribution in [1.29, 1.82) is 0 Å². The van der Waals surface area contributed by atoms with Gasteiger partial charge in [-0.15, -0.1) is 12.3 Å². The molecule has 2 rings (SSSR count). The monoisotopic (exact) mass is 220 g/mol. The number of rotatable bonds is 3. The zero-order chi connectivity index (χ0) is 11.6. The summed E-state index contributed by atoms with van der Waals surface area (Å²) < 4.78 is 11.5. The van der Waals surface area contributed by atoms with Gasteiger partial charge in [-0.05, 0) is 31.9 Å². The normalized spacial score (nSPS) is 37.1. The Hall–Kier alpha value is -1.11. The highest BCUT2D eigenvalue weighted by Crippen LogP contribution is 2.37. The van der Waals surface area contributed by atoms with Crippen LogP contribution in [0.2, 0.25) is 0 Å². The van der Waals surface area contributed by atoms with E-state index >= 15 is 0 Å². The molecule has 0 N–H and O–H groups in total. The van der Waals surface area contributed by atoms with Crippen LogP contribution in [0.4, 0.5) is 0 Å². The van der Waals surface area contributed by atoms with Gasteiger partial charge in [0.15, 0.2) is 12.1 Å². The Morgan fingerprint density at radius 1 is 1.69 bits per heavy atom. The van der Waals surface area contributed by atoms with Crippen LogP contribution in [-0.2, 0) is 14.3 Å². The van der Waals surface area contributed by atoms with Crippen molar-refractivity contribution in [2.24, 2.45) is 0 Å². The highest BCUT2D eigenvalue weighted by Gasteiger charge is 2.46. The molecule has 86 valence electrons. The van der Waals surface area contributed by atoms with Gasteiger partial charge in [-0.2, -0.15) is 0 Å². The maximum Gasteiger partial charge on any atom is 0.159 e. The third kappa shape index (κ3) is 2.18. The van der Waals surface area contributed by atoms with Crippen molar-refractivity contribution in [3.63, 3.8) is 0 Å². The number of hydrogen-bond acceptors (Lipinski definition) is 3. The lowest BCUT2D eigenvalue weighted by Gasteiger charge is -2.27. The SMILES string of the molecule is C#CCCC[C@@H]1O[C@H]2CC(=O)C=C[C@@]2(C)O1. The van der Waals surface area contributed by atoms with Crippen LogP contribution in [0.25, 0.3) is 0 Å². The third-order valence-corrected chi connectivity index (χ3v) is 3.09. The molecule has 1 saturated heterocycles. The van der Waals surface area contributed by atoms with Gasteiger partial charge in [-0.25, -0.2) is 0 Å². The number of terminal acetylenes is 1. The Morgan fingerprint density at radius 3 is 3.25 bits per heavy atom. The second-order valence-corrected chi connectivity index (χ2v) is 4.46. The number of ether oxygens (including phenoxy) is 2. The predicted octanol–water partition coefficient (Wildman–Crippen LogP) is 1.82. The van der Waals surface area contributed by atoms with E-state index in [4.69, 9.17) is 15.9 Å². The lowest BCUT2D eigenvalue weighted by molar-refractivity contribution is -0.118. The van der Waals surface area contributed by atoms with E-state index in [1.54, 1.807) is 6.08 Å². The standard InChI is InChI=1S/C13H16O3/c1-3-4-5-6-12-15-11-9-10(14)7-8-13(11,2)16-12/h1,7-8,11-12H,4-6,9H2,2H3/t11-,12+,13+/m0/s1. The summed E-state index contributed by atoms with van der Waals surface area (Å²) in [6.07, 6.45) is 11.1. The molecule has 0 aromatic rings.